The van der Waals surface area contributed by atoms with Crippen LogP contribution >= 0.6 is 12.4 Å². The van der Waals surface area contributed by atoms with Gasteiger partial charge in [-0.1, -0.05) is 42.5 Å². The number of rotatable bonds is 4. The van der Waals surface area contributed by atoms with Crippen LogP contribution in [0.3, 0.4) is 0 Å². The molecule has 2 aliphatic heterocycles. The number of benzene rings is 3. The first-order valence-electron chi connectivity index (χ1n) is 9.70. The van der Waals surface area contributed by atoms with Gasteiger partial charge in [0.15, 0.2) is 11.5 Å². The zero-order valence-electron chi connectivity index (χ0n) is 16.3. The summed E-state index contributed by atoms with van der Waals surface area (Å²) in [5.41, 5.74) is 6.27. The predicted molar refractivity (Wildman–Crippen MR) is 116 cm³/mol. The zero-order valence-corrected chi connectivity index (χ0v) is 17.1. The van der Waals surface area contributed by atoms with Gasteiger partial charge in [0.2, 0.25) is 6.79 Å². The van der Waals surface area contributed by atoms with Crippen molar-refractivity contribution < 1.29 is 14.2 Å². The number of halogens is 1. The highest BCUT2D eigenvalue weighted by molar-refractivity contribution is 5.85. The molecule has 150 valence electrons. The molecule has 1 atom stereocenters. The van der Waals surface area contributed by atoms with Crippen LogP contribution in [0.15, 0.2) is 60.7 Å². The molecule has 5 heteroatoms. The smallest absolute Gasteiger partial charge is 0.231 e. The topological polar surface area (TPSA) is 39.7 Å². The van der Waals surface area contributed by atoms with E-state index in [4.69, 9.17) is 14.2 Å². The van der Waals surface area contributed by atoms with Gasteiger partial charge in [-0.25, -0.2) is 0 Å². The van der Waals surface area contributed by atoms with Crippen LogP contribution in [0.5, 0.6) is 17.2 Å². The average molecular weight is 410 g/mol. The Morgan fingerprint density at radius 3 is 2.55 bits per heavy atom. The normalized spacial score (nSPS) is 16.7. The molecule has 0 radical (unpaired) electrons. The second-order valence-electron chi connectivity index (χ2n) is 7.26. The van der Waals surface area contributed by atoms with Gasteiger partial charge >= 0.3 is 0 Å². The first-order chi connectivity index (χ1) is 13.8. The fourth-order valence-electron chi connectivity index (χ4n) is 4.15. The summed E-state index contributed by atoms with van der Waals surface area (Å²) in [7, 11) is 1.71. The summed E-state index contributed by atoms with van der Waals surface area (Å²) in [4.78, 5) is 0. The summed E-state index contributed by atoms with van der Waals surface area (Å²) in [6.45, 7) is 1.30. The number of hydrogen-bond donors (Lipinski definition) is 1. The summed E-state index contributed by atoms with van der Waals surface area (Å²) in [5, 5.41) is 3.66. The molecule has 29 heavy (non-hydrogen) atoms. The van der Waals surface area contributed by atoms with E-state index in [0.29, 0.717) is 6.79 Å². The maximum atomic E-state index is 5.59. The minimum Gasteiger partial charge on any atom is -0.496 e. The molecule has 0 aliphatic carbocycles. The van der Waals surface area contributed by atoms with Gasteiger partial charge in [-0.2, -0.15) is 0 Å². The van der Waals surface area contributed by atoms with Crippen molar-refractivity contribution in [2.24, 2.45) is 0 Å². The Kier molecular flexibility index (Phi) is 5.65. The predicted octanol–water partition coefficient (Wildman–Crippen LogP) is 4.94. The van der Waals surface area contributed by atoms with E-state index in [1.54, 1.807) is 7.11 Å². The fraction of sp³-hybridized carbons (Fsp3) is 0.250. The summed E-state index contributed by atoms with van der Waals surface area (Å²) in [6.07, 6.45) is 1.97. The van der Waals surface area contributed by atoms with Gasteiger partial charge < -0.3 is 19.5 Å². The van der Waals surface area contributed by atoms with Crippen molar-refractivity contribution in [3.05, 3.63) is 77.4 Å². The summed E-state index contributed by atoms with van der Waals surface area (Å²) in [6, 6.07) is 21.5. The van der Waals surface area contributed by atoms with E-state index in [0.717, 1.165) is 42.2 Å². The lowest BCUT2D eigenvalue weighted by atomic mass is 9.89. The van der Waals surface area contributed by atoms with Crippen LogP contribution < -0.4 is 19.5 Å². The maximum absolute atomic E-state index is 5.59. The molecule has 0 saturated heterocycles. The Bertz CT molecular complexity index is 1000. The number of nitrogens with one attached hydrogen (secondary N) is 1. The van der Waals surface area contributed by atoms with Crippen LogP contribution in [0.2, 0.25) is 0 Å². The van der Waals surface area contributed by atoms with E-state index in [2.05, 4.69) is 47.8 Å². The van der Waals surface area contributed by atoms with E-state index in [-0.39, 0.29) is 18.4 Å². The third-order valence-electron chi connectivity index (χ3n) is 5.61. The molecule has 1 unspecified atom stereocenters. The van der Waals surface area contributed by atoms with E-state index >= 15 is 0 Å². The van der Waals surface area contributed by atoms with Gasteiger partial charge in [0.25, 0.3) is 0 Å². The second-order valence-corrected chi connectivity index (χ2v) is 7.26. The summed E-state index contributed by atoms with van der Waals surface area (Å²) in [5.74, 6) is 2.63. The molecule has 5 rings (SSSR count). The van der Waals surface area contributed by atoms with Crippen molar-refractivity contribution in [3.63, 3.8) is 0 Å². The summed E-state index contributed by atoms with van der Waals surface area (Å²) >= 11 is 0. The van der Waals surface area contributed by atoms with Gasteiger partial charge in [0.05, 0.1) is 7.11 Å². The summed E-state index contributed by atoms with van der Waals surface area (Å²) < 4.78 is 16.6. The second kappa shape index (κ2) is 8.36. The molecule has 0 spiro atoms. The van der Waals surface area contributed by atoms with Crippen molar-refractivity contribution in [2.75, 3.05) is 20.4 Å². The fourth-order valence-corrected chi connectivity index (χ4v) is 4.15. The molecule has 2 heterocycles. The van der Waals surface area contributed by atoms with Gasteiger partial charge in [0.1, 0.15) is 5.75 Å². The van der Waals surface area contributed by atoms with Crippen LogP contribution in [0, 0.1) is 0 Å². The molecule has 2 aliphatic rings. The van der Waals surface area contributed by atoms with Gasteiger partial charge in [-0.15, -0.1) is 12.4 Å². The Labute approximate surface area is 177 Å². The highest BCUT2D eigenvalue weighted by atomic mass is 35.5. The number of hydrogen-bond acceptors (Lipinski definition) is 4. The number of para-hydroxylation sites is 1. The Morgan fingerprint density at radius 1 is 1.00 bits per heavy atom. The average Bonchev–Trinajstić information content (AvgIpc) is 3.20. The van der Waals surface area contributed by atoms with Crippen LogP contribution in [0.25, 0.3) is 11.1 Å². The lowest BCUT2D eigenvalue weighted by molar-refractivity contribution is 0.174. The lowest BCUT2D eigenvalue weighted by Crippen LogP contribution is -2.31. The van der Waals surface area contributed by atoms with Crippen LogP contribution in [0.1, 0.15) is 22.7 Å². The van der Waals surface area contributed by atoms with Crippen LogP contribution in [0.4, 0.5) is 0 Å². The van der Waals surface area contributed by atoms with Crippen LogP contribution in [-0.4, -0.2) is 20.4 Å². The van der Waals surface area contributed by atoms with Crippen molar-refractivity contribution in [1.82, 2.24) is 5.32 Å². The van der Waals surface area contributed by atoms with E-state index < -0.39 is 0 Å². The minimum absolute atomic E-state index is 0. The molecule has 0 amide bonds. The number of methoxy groups -OCH3 is 1. The zero-order chi connectivity index (χ0) is 18.9. The van der Waals surface area contributed by atoms with E-state index in [9.17, 15) is 0 Å². The third-order valence-corrected chi connectivity index (χ3v) is 5.61. The van der Waals surface area contributed by atoms with Crippen LogP contribution in [-0.2, 0) is 12.8 Å². The molecule has 3 aromatic rings. The molecular formula is C24H24ClNO3. The quantitative estimate of drug-likeness (QED) is 0.662. The molecule has 0 bridgehead atoms. The Hall–Kier alpha value is -2.69. The van der Waals surface area contributed by atoms with Gasteiger partial charge in [-0.05, 0) is 59.8 Å². The molecule has 0 aromatic heterocycles. The molecule has 0 fully saturated rings. The first kappa shape index (κ1) is 19.6. The van der Waals surface area contributed by atoms with Crippen molar-refractivity contribution >= 4 is 12.4 Å². The Morgan fingerprint density at radius 2 is 1.76 bits per heavy atom. The first-order valence-corrected chi connectivity index (χ1v) is 9.70. The monoisotopic (exact) mass is 409 g/mol. The Balaban J connectivity index is 0.00000205. The SMILES string of the molecule is COc1ccccc1-c1ccc(CC2NCCc3cc4c(cc32)OCO4)cc1.Cl. The number of ether oxygens (including phenoxy) is 3. The largest absolute Gasteiger partial charge is 0.496 e. The maximum Gasteiger partial charge on any atom is 0.231 e. The van der Waals surface area contributed by atoms with E-state index in [1.165, 1.54) is 22.3 Å². The van der Waals surface area contributed by atoms with Crippen molar-refractivity contribution in [2.45, 2.75) is 18.9 Å². The minimum atomic E-state index is 0. The lowest BCUT2D eigenvalue weighted by Gasteiger charge is -2.27. The highest BCUT2D eigenvalue weighted by Crippen LogP contribution is 2.39. The van der Waals surface area contributed by atoms with E-state index in [1.807, 2.05) is 18.2 Å². The van der Waals surface area contributed by atoms with Crippen molar-refractivity contribution in [1.29, 1.82) is 0 Å². The molecule has 3 aromatic carbocycles. The third kappa shape index (κ3) is 3.78. The van der Waals surface area contributed by atoms with Gasteiger partial charge in [-0.3, -0.25) is 0 Å². The number of fused-ring (bicyclic) bond motifs is 2. The molecule has 0 saturated carbocycles. The highest BCUT2D eigenvalue weighted by Gasteiger charge is 2.25. The molecular weight excluding hydrogens is 386 g/mol. The molecule has 1 N–H and O–H groups in total. The van der Waals surface area contributed by atoms with Gasteiger partial charge in [0, 0.05) is 11.6 Å². The standard InChI is InChI=1S/C24H23NO3.ClH/c1-26-22-5-3-2-4-19(22)17-8-6-16(7-9-17)12-21-20-14-24-23(27-15-28-24)13-18(20)10-11-25-21;/h2-9,13-14,21,25H,10-12,15H2,1H3;1H. The molecule has 4 nitrogen and oxygen atoms in total. The van der Waals surface area contributed by atoms with Crippen molar-refractivity contribution in [3.8, 4) is 28.4 Å².